The summed E-state index contributed by atoms with van der Waals surface area (Å²) < 4.78 is 0.553. The van der Waals surface area contributed by atoms with Crippen LogP contribution in [0.1, 0.15) is 58.8 Å². The summed E-state index contributed by atoms with van der Waals surface area (Å²) in [6.45, 7) is 9.87. The van der Waals surface area contributed by atoms with E-state index >= 15 is 0 Å². The van der Waals surface area contributed by atoms with Gasteiger partial charge in [-0.25, -0.2) is 0 Å². The first-order valence-electron chi connectivity index (χ1n) is 8.70. The van der Waals surface area contributed by atoms with Gasteiger partial charge in [0.15, 0.2) is 0 Å². The van der Waals surface area contributed by atoms with E-state index in [0.717, 1.165) is 5.92 Å². The Balaban J connectivity index is 1.71. The largest absolute Gasteiger partial charge is 0.313 e. The summed E-state index contributed by atoms with van der Waals surface area (Å²) in [4.78, 5) is 2.64. The van der Waals surface area contributed by atoms with Gasteiger partial charge in [0.25, 0.3) is 0 Å². The molecule has 0 aromatic rings. The molecule has 0 aromatic heterocycles. The quantitative estimate of drug-likeness (QED) is 0.770. The molecule has 3 heteroatoms. The molecule has 0 bridgehead atoms. The Morgan fingerprint density at radius 1 is 1.25 bits per heavy atom. The fourth-order valence-corrected chi connectivity index (χ4v) is 4.90. The third kappa shape index (κ3) is 4.38. The summed E-state index contributed by atoms with van der Waals surface area (Å²) in [5, 5.41) is 3.89. The highest BCUT2D eigenvalue weighted by molar-refractivity contribution is 8.00. The lowest BCUT2D eigenvalue weighted by molar-refractivity contribution is 0.162. The molecule has 1 atom stereocenters. The van der Waals surface area contributed by atoms with Crippen LogP contribution in [0, 0.1) is 5.92 Å². The number of thioether (sulfide) groups is 1. The lowest BCUT2D eigenvalue weighted by Gasteiger charge is -2.37. The van der Waals surface area contributed by atoms with Crippen molar-refractivity contribution >= 4 is 11.8 Å². The first-order chi connectivity index (χ1) is 9.69. The standard InChI is InChI=1S/C17H34N2S/c1-4-11-19-12-7-16(8-13-19)15(2)18-14-17(20-3)9-5-6-10-17/h15-16,18H,4-14H2,1-3H3. The second-order valence-electron chi connectivity index (χ2n) is 6.94. The molecule has 0 aromatic carbocycles. The monoisotopic (exact) mass is 298 g/mol. The van der Waals surface area contributed by atoms with E-state index in [-0.39, 0.29) is 0 Å². The smallest absolute Gasteiger partial charge is 0.0281 e. The van der Waals surface area contributed by atoms with Gasteiger partial charge in [-0.05, 0) is 70.8 Å². The van der Waals surface area contributed by atoms with Crippen molar-refractivity contribution in [1.29, 1.82) is 0 Å². The van der Waals surface area contributed by atoms with E-state index in [1.54, 1.807) is 0 Å². The Kier molecular flexibility index (Phi) is 6.70. The highest BCUT2D eigenvalue weighted by atomic mass is 32.2. The molecule has 0 spiro atoms. The Bertz CT molecular complexity index is 268. The minimum absolute atomic E-state index is 0.553. The van der Waals surface area contributed by atoms with Gasteiger partial charge < -0.3 is 10.2 Å². The Morgan fingerprint density at radius 3 is 2.45 bits per heavy atom. The molecule has 1 aliphatic carbocycles. The zero-order valence-electron chi connectivity index (χ0n) is 13.8. The number of rotatable bonds is 7. The van der Waals surface area contributed by atoms with Gasteiger partial charge in [-0.3, -0.25) is 0 Å². The molecule has 0 radical (unpaired) electrons. The molecular formula is C17H34N2S. The molecule has 118 valence electrons. The molecule has 1 N–H and O–H groups in total. The molecular weight excluding hydrogens is 264 g/mol. The van der Waals surface area contributed by atoms with E-state index in [2.05, 4.69) is 42.1 Å². The van der Waals surface area contributed by atoms with Crippen LogP contribution >= 0.6 is 11.8 Å². The van der Waals surface area contributed by atoms with Crippen LogP contribution in [0.3, 0.4) is 0 Å². The van der Waals surface area contributed by atoms with Gasteiger partial charge in [-0.1, -0.05) is 19.8 Å². The minimum Gasteiger partial charge on any atom is -0.313 e. The van der Waals surface area contributed by atoms with Crippen molar-refractivity contribution in [3.63, 3.8) is 0 Å². The summed E-state index contributed by atoms with van der Waals surface area (Å²) in [6, 6.07) is 0.698. The molecule has 1 heterocycles. The van der Waals surface area contributed by atoms with Crippen LogP contribution in [0.15, 0.2) is 0 Å². The van der Waals surface area contributed by atoms with Crippen LogP contribution in [0.4, 0.5) is 0 Å². The molecule has 2 nitrogen and oxygen atoms in total. The first-order valence-corrected chi connectivity index (χ1v) is 9.92. The second kappa shape index (κ2) is 8.05. The predicted octanol–water partition coefficient (Wildman–Crippen LogP) is 3.76. The van der Waals surface area contributed by atoms with E-state index in [4.69, 9.17) is 0 Å². The van der Waals surface area contributed by atoms with Gasteiger partial charge >= 0.3 is 0 Å². The lowest BCUT2D eigenvalue weighted by atomic mass is 9.90. The van der Waals surface area contributed by atoms with E-state index in [9.17, 15) is 0 Å². The predicted molar refractivity (Wildman–Crippen MR) is 91.6 cm³/mol. The van der Waals surface area contributed by atoms with Crippen LogP contribution in [0.2, 0.25) is 0 Å². The van der Waals surface area contributed by atoms with Crippen molar-refractivity contribution < 1.29 is 0 Å². The average Bonchev–Trinajstić information content (AvgIpc) is 2.95. The Hall–Kier alpha value is 0.270. The van der Waals surface area contributed by atoms with Crippen LogP contribution < -0.4 is 5.32 Å². The summed E-state index contributed by atoms with van der Waals surface area (Å²) in [7, 11) is 0. The number of piperidine rings is 1. The number of hydrogen-bond donors (Lipinski definition) is 1. The Labute approximate surface area is 130 Å². The lowest BCUT2D eigenvalue weighted by Crippen LogP contribution is -2.46. The third-order valence-electron chi connectivity index (χ3n) is 5.57. The molecule has 1 saturated carbocycles. The number of nitrogens with one attached hydrogen (secondary N) is 1. The highest BCUT2D eigenvalue weighted by Gasteiger charge is 2.33. The van der Waals surface area contributed by atoms with E-state index in [1.807, 2.05) is 0 Å². The fourth-order valence-electron chi connectivity index (χ4n) is 3.98. The highest BCUT2D eigenvalue weighted by Crippen LogP contribution is 2.39. The van der Waals surface area contributed by atoms with Crippen molar-refractivity contribution in [2.45, 2.75) is 69.6 Å². The van der Waals surface area contributed by atoms with Gasteiger partial charge in [0.05, 0.1) is 0 Å². The molecule has 2 aliphatic rings. The topological polar surface area (TPSA) is 15.3 Å². The molecule has 2 fully saturated rings. The molecule has 20 heavy (non-hydrogen) atoms. The zero-order chi connectivity index (χ0) is 14.4. The van der Waals surface area contributed by atoms with Gasteiger partial charge in [0.1, 0.15) is 0 Å². The minimum atomic E-state index is 0.553. The van der Waals surface area contributed by atoms with Crippen molar-refractivity contribution in [3.8, 4) is 0 Å². The van der Waals surface area contributed by atoms with E-state index in [0.29, 0.717) is 10.8 Å². The van der Waals surface area contributed by atoms with Gasteiger partial charge in [0, 0.05) is 17.3 Å². The maximum Gasteiger partial charge on any atom is 0.0281 e. The molecule has 1 aliphatic heterocycles. The van der Waals surface area contributed by atoms with E-state index < -0.39 is 0 Å². The van der Waals surface area contributed by atoms with Crippen LogP contribution in [-0.2, 0) is 0 Å². The van der Waals surface area contributed by atoms with Crippen LogP contribution in [-0.4, -0.2) is 48.1 Å². The molecule has 0 amide bonds. The third-order valence-corrected chi connectivity index (χ3v) is 6.99. The summed E-state index contributed by atoms with van der Waals surface area (Å²) >= 11 is 2.10. The maximum atomic E-state index is 3.89. The molecule has 1 saturated heterocycles. The fraction of sp³-hybridized carbons (Fsp3) is 1.00. The second-order valence-corrected chi connectivity index (χ2v) is 8.22. The van der Waals surface area contributed by atoms with Gasteiger partial charge in [0.2, 0.25) is 0 Å². The average molecular weight is 299 g/mol. The maximum absolute atomic E-state index is 3.89. The number of likely N-dealkylation sites (tertiary alicyclic amines) is 1. The normalized spacial score (nSPS) is 25.9. The number of hydrogen-bond acceptors (Lipinski definition) is 3. The van der Waals surface area contributed by atoms with Crippen molar-refractivity contribution in [2.75, 3.05) is 32.4 Å². The van der Waals surface area contributed by atoms with Crippen LogP contribution in [0.25, 0.3) is 0 Å². The first kappa shape index (κ1) is 16.6. The summed E-state index contributed by atoms with van der Waals surface area (Å²) in [5.74, 6) is 0.892. The number of nitrogens with zero attached hydrogens (tertiary/aromatic N) is 1. The SMILES string of the molecule is CCCN1CCC(C(C)NCC2(SC)CCCC2)CC1. The summed E-state index contributed by atoms with van der Waals surface area (Å²) in [5.41, 5.74) is 0. The van der Waals surface area contributed by atoms with Gasteiger partial charge in [-0.15, -0.1) is 0 Å². The van der Waals surface area contributed by atoms with Crippen molar-refractivity contribution in [3.05, 3.63) is 0 Å². The molecule has 2 rings (SSSR count). The van der Waals surface area contributed by atoms with Crippen molar-refractivity contribution in [1.82, 2.24) is 10.2 Å². The van der Waals surface area contributed by atoms with Crippen molar-refractivity contribution in [2.24, 2.45) is 5.92 Å². The zero-order valence-corrected chi connectivity index (χ0v) is 14.6. The molecule has 1 unspecified atom stereocenters. The van der Waals surface area contributed by atoms with Crippen LogP contribution in [0.5, 0.6) is 0 Å². The Morgan fingerprint density at radius 2 is 1.90 bits per heavy atom. The van der Waals surface area contributed by atoms with E-state index in [1.165, 1.54) is 71.1 Å². The van der Waals surface area contributed by atoms with Gasteiger partial charge in [-0.2, -0.15) is 11.8 Å². The summed E-state index contributed by atoms with van der Waals surface area (Å²) in [6.07, 6.45) is 12.1.